The molecular formula is C14H14O4. The van der Waals surface area contributed by atoms with Gasteiger partial charge < -0.3 is 9.47 Å². The largest absolute Gasteiger partial charge is 0.452 e. The van der Waals surface area contributed by atoms with E-state index in [1.165, 1.54) is 0 Å². The molecule has 0 N–H and O–H groups in total. The second-order valence-corrected chi connectivity index (χ2v) is 3.03. The topological polar surface area (TPSA) is 52.6 Å². The van der Waals surface area contributed by atoms with Gasteiger partial charge in [-0.15, -0.1) is 24.2 Å². The van der Waals surface area contributed by atoms with Crippen LogP contribution in [0.3, 0.4) is 0 Å². The van der Waals surface area contributed by atoms with Gasteiger partial charge in [0.1, 0.15) is 0 Å². The third kappa shape index (κ3) is 6.26. The van der Waals surface area contributed by atoms with Gasteiger partial charge in [0.2, 0.25) is 0 Å². The minimum atomic E-state index is -1.12. The Kier molecular flexibility index (Phi) is 8.52. The molecule has 4 heteroatoms. The molecule has 0 amide bonds. The number of esters is 2. The average molecular weight is 246 g/mol. The lowest BCUT2D eigenvalue weighted by Crippen LogP contribution is -2.28. The van der Waals surface area contributed by atoms with Crippen molar-refractivity contribution in [1.29, 1.82) is 0 Å². The fraction of sp³-hybridized carbons (Fsp3) is 0.429. The fourth-order valence-electron chi connectivity index (χ4n) is 0.941. The Labute approximate surface area is 107 Å². The molecule has 0 aromatic carbocycles. The molecule has 0 bridgehead atoms. The van der Waals surface area contributed by atoms with Crippen LogP contribution in [0.4, 0.5) is 0 Å². The lowest BCUT2D eigenvalue weighted by atomic mass is 10.1. The van der Waals surface area contributed by atoms with Crippen LogP contribution in [0, 0.1) is 41.9 Å². The number of terminal acetylenes is 1. The minimum absolute atomic E-state index is 0.0710. The molecule has 4 nitrogen and oxygen atoms in total. The van der Waals surface area contributed by atoms with Crippen LogP contribution < -0.4 is 0 Å². The molecule has 0 unspecified atom stereocenters. The zero-order valence-electron chi connectivity index (χ0n) is 10.4. The van der Waals surface area contributed by atoms with Crippen LogP contribution in [0.15, 0.2) is 0 Å². The Morgan fingerprint density at radius 1 is 1.06 bits per heavy atom. The van der Waals surface area contributed by atoms with Crippen molar-refractivity contribution in [3.05, 3.63) is 0 Å². The van der Waals surface area contributed by atoms with E-state index < -0.39 is 17.9 Å². The highest BCUT2D eigenvalue weighted by molar-refractivity contribution is 5.95. The van der Waals surface area contributed by atoms with Gasteiger partial charge in [-0.25, -0.2) is 0 Å². The van der Waals surface area contributed by atoms with E-state index in [9.17, 15) is 9.59 Å². The maximum atomic E-state index is 11.6. The summed E-state index contributed by atoms with van der Waals surface area (Å²) < 4.78 is 9.56. The molecule has 18 heavy (non-hydrogen) atoms. The Bertz CT molecular complexity index is 412. The van der Waals surface area contributed by atoms with Crippen molar-refractivity contribution in [3.63, 3.8) is 0 Å². The maximum absolute atomic E-state index is 11.6. The van der Waals surface area contributed by atoms with Gasteiger partial charge in [-0.1, -0.05) is 11.8 Å². The maximum Gasteiger partial charge on any atom is 0.322 e. The third-order valence-corrected chi connectivity index (χ3v) is 1.82. The monoisotopic (exact) mass is 246 g/mol. The summed E-state index contributed by atoms with van der Waals surface area (Å²) in [6, 6.07) is 0. The van der Waals surface area contributed by atoms with E-state index in [4.69, 9.17) is 15.9 Å². The van der Waals surface area contributed by atoms with Crippen LogP contribution in [-0.4, -0.2) is 25.2 Å². The van der Waals surface area contributed by atoms with Crippen LogP contribution in [0.5, 0.6) is 0 Å². The molecule has 0 atom stereocenters. The molecule has 0 rings (SSSR count). The van der Waals surface area contributed by atoms with Crippen molar-refractivity contribution in [3.8, 4) is 36.0 Å². The molecular weight excluding hydrogens is 232 g/mol. The number of carbonyl (C=O) groups is 2. The molecule has 0 radical (unpaired) electrons. The number of carbonyl (C=O) groups excluding carboxylic acids is 2. The number of ether oxygens (including phenoxy) is 2. The predicted octanol–water partition coefficient (Wildman–Crippen LogP) is 0.759. The van der Waals surface area contributed by atoms with Gasteiger partial charge in [-0.3, -0.25) is 9.59 Å². The first-order valence-electron chi connectivity index (χ1n) is 5.23. The summed E-state index contributed by atoms with van der Waals surface area (Å²) in [4.78, 5) is 23.1. The smallest absolute Gasteiger partial charge is 0.322 e. The zero-order chi connectivity index (χ0) is 13.8. The van der Waals surface area contributed by atoms with Gasteiger partial charge in [-0.2, -0.15) is 0 Å². The first-order chi connectivity index (χ1) is 8.67. The van der Waals surface area contributed by atoms with Gasteiger partial charge in [0, 0.05) is 6.42 Å². The summed E-state index contributed by atoms with van der Waals surface area (Å²) in [5.41, 5.74) is 0. The standard InChI is InChI=1S/C14H14O4/c1-4-7-10-17-13(15)12(9-6-3)14(16)18-11-8-5-2/h3,12H,9-11H2,1-2H3. The summed E-state index contributed by atoms with van der Waals surface area (Å²) in [7, 11) is 0. The molecule has 0 aromatic rings. The van der Waals surface area contributed by atoms with Crippen molar-refractivity contribution in [2.45, 2.75) is 20.3 Å². The molecule has 0 saturated carbocycles. The van der Waals surface area contributed by atoms with Crippen molar-refractivity contribution < 1.29 is 19.1 Å². The van der Waals surface area contributed by atoms with E-state index in [1.54, 1.807) is 13.8 Å². The van der Waals surface area contributed by atoms with E-state index in [2.05, 4.69) is 29.6 Å². The van der Waals surface area contributed by atoms with Crippen molar-refractivity contribution >= 4 is 11.9 Å². The molecule has 0 aliphatic heterocycles. The van der Waals surface area contributed by atoms with E-state index in [-0.39, 0.29) is 19.6 Å². The first-order valence-corrected chi connectivity index (χ1v) is 5.23. The number of hydrogen-bond acceptors (Lipinski definition) is 4. The minimum Gasteiger partial charge on any atom is -0.452 e. The van der Waals surface area contributed by atoms with Crippen LogP contribution >= 0.6 is 0 Å². The van der Waals surface area contributed by atoms with E-state index in [0.29, 0.717) is 0 Å². The number of rotatable bonds is 5. The Balaban J connectivity index is 4.45. The van der Waals surface area contributed by atoms with Crippen LogP contribution in [0.25, 0.3) is 0 Å². The molecule has 0 fully saturated rings. The van der Waals surface area contributed by atoms with Gasteiger partial charge in [0.25, 0.3) is 0 Å². The number of hydrogen-bond donors (Lipinski definition) is 0. The van der Waals surface area contributed by atoms with E-state index in [0.717, 1.165) is 0 Å². The predicted molar refractivity (Wildman–Crippen MR) is 65.8 cm³/mol. The Morgan fingerprint density at radius 3 is 1.83 bits per heavy atom. The van der Waals surface area contributed by atoms with Crippen LogP contribution in [-0.2, 0) is 19.1 Å². The summed E-state index contributed by atoms with van der Waals surface area (Å²) >= 11 is 0. The molecule has 0 aliphatic carbocycles. The van der Waals surface area contributed by atoms with Gasteiger partial charge in [-0.05, 0) is 13.8 Å². The third-order valence-electron chi connectivity index (χ3n) is 1.82. The highest BCUT2D eigenvalue weighted by Crippen LogP contribution is 2.07. The average Bonchev–Trinajstić information content (AvgIpc) is 2.36. The fourth-order valence-corrected chi connectivity index (χ4v) is 0.941. The van der Waals surface area contributed by atoms with Crippen molar-refractivity contribution in [2.75, 3.05) is 13.2 Å². The lowest BCUT2D eigenvalue weighted by molar-refractivity contribution is -0.160. The van der Waals surface area contributed by atoms with Gasteiger partial charge in [0.15, 0.2) is 19.1 Å². The van der Waals surface area contributed by atoms with Crippen LogP contribution in [0.1, 0.15) is 20.3 Å². The first kappa shape index (κ1) is 15.6. The van der Waals surface area contributed by atoms with Gasteiger partial charge >= 0.3 is 11.9 Å². The normalized spacial score (nSPS) is 8.11. The van der Waals surface area contributed by atoms with E-state index >= 15 is 0 Å². The molecule has 0 aliphatic rings. The zero-order valence-corrected chi connectivity index (χ0v) is 10.4. The van der Waals surface area contributed by atoms with Crippen molar-refractivity contribution in [1.82, 2.24) is 0 Å². The Morgan fingerprint density at radius 2 is 1.50 bits per heavy atom. The second kappa shape index (κ2) is 9.82. The molecule has 0 aromatic heterocycles. The summed E-state index contributed by atoms with van der Waals surface area (Å²) in [5, 5.41) is 0. The second-order valence-electron chi connectivity index (χ2n) is 3.03. The Hall–Kier alpha value is -2.38. The lowest BCUT2D eigenvalue weighted by Gasteiger charge is -2.10. The summed E-state index contributed by atoms with van der Waals surface area (Å²) in [5.74, 6) is 9.88. The van der Waals surface area contributed by atoms with Gasteiger partial charge in [0.05, 0.1) is 0 Å². The molecule has 0 saturated heterocycles. The highest BCUT2D eigenvalue weighted by Gasteiger charge is 2.28. The highest BCUT2D eigenvalue weighted by atomic mass is 16.6. The molecule has 0 heterocycles. The summed E-state index contributed by atoms with van der Waals surface area (Å²) in [6.07, 6.45) is 5.02. The van der Waals surface area contributed by atoms with E-state index in [1.807, 2.05) is 0 Å². The van der Waals surface area contributed by atoms with Crippen molar-refractivity contribution in [2.24, 2.45) is 5.92 Å². The molecule has 94 valence electrons. The SMILES string of the molecule is C#CCC(C(=O)OCC#CC)C(=O)OCC#CC. The summed E-state index contributed by atoms with van der Waals surface area (Å²) in [6.45, 7) is 3.09. The molecule has 0 spiro atoms. The quantitative estimate of drug-likeness (QED) is 0.408. The van der Waals surface area contributed by atoms with Crippen LogP contribution in [0.2, 0.25) is 0 Å².